The van der Waals surface area contributed by atoms with Gasteiger partial charge >= 0.3 is 0 Å². The highest BCUT2D eigenvalue weighted by Crippen LogP contribution is 2.12. The first-order valence-electron chi connectivity index (χ1n) is 3.19. The Labute approximate surface area is 58.4 Å². The van der Waals surface area contributed by atoms with Gasteiger partial charge in [-0.15, -0.1) is 0 Å². The standard InChI is InChI=1S/C7H16OSi/c1-6(2)7(8)9(3,4)5/h7-8H,1H2,2-5H3/t7-/m0/s1. The molecule has 0 aliphatic carbocycles. The van der Waals surface area contributed by atoms with Crippen molar-refractivity contribution in [2.75, 3.05) is 0 Å². The molecule has 0 heterocycles. The Morgan fingerprint density at radius 2 is 1.78 bits per heavy atom. The molecular weight excluding hydrogens is 128 g/mol. The van der Waals surface area contributed by atoms with Gasteiger partial charge in [0.15, 0.2) is 0 Å². The van der Waals surface area contributed by atoms with E-state index in [0.717, 1.165) is 5.57 Å². The lowest BCUT2D eigenvalue weighted by Crippen LogP contribution is -2.38. The van der Waals surface area contributed by atoms with Gasteiger partial charge in [-0.2, -0.15) is 0 Å². The van der Waals surface area contributed by atoms with Crippen LogP contribution in [0, 0.1) is 0 Å². The minimum atomic E-state index is -1.37. The predicted molar refractivity (Wildman–Crippen MR) is 44.2 cm³/mol. The van der Waals surface area contributed by atoms with Crippen LogP contribution in [-0.2, 0) is 0 Å². The van der Waals surface area contributed by atoms with Gasteiger partial charge in [0, 0.05) is 0 Å². The third kappa shape index (κ3) is 2.82. The second-order valence-electron chi connectivity index (χ2n) is 3.61. The zero-order valence-corrected chi connectivity index (χ0v) is 7.73. The van der Waals surface area contributed by atoms with Crippen molar-refractivity contribution in [2.24, 2.45) is 0 Å². The number of hydrogen-bond acceptors (Lipinski definition) is 1. The largest absolute Gasteiger partial charge is 0.392 e. The quantitative estimate of drug-likeness (QED) is 0.463. The van der Waals surface area contributed by atoms with Gasteiger partial charge in [-0.1, -0.05) is 31.8 Å². The Bertz CT molecular complexity index is 113. The summed E-state index contributed by atoms with van der Waals surface area (Å²) in [7, 11) is -1.37. The van der Waals surface area contributed by atoms with Crippen LogP contribution in [-0.4, -0.2) is 18.9 Å². The van der Waals surface area contributed by atoms with E-state index >= 15 is 0 Å². The lowest BCUT2D eigenvalue weighted by Gasteiger charge is -2.23. The van der Waals surface area contributed by atoms with Crippen molar-refractivity contribution in [2.45, 2.75) is 32.3 Å². The zero-order valence-electron chi connectivity index (χ0n) is 6.73. The molecule has 0 aliphatic heterocycles. The van der Waals surface area contributed by atoms with Crippen molar-refractivity contribution in [3.8, 4) is 0 Å². The summed E-state index contributed by atoms with van der Waals surface area (Å²) in [5.41, 5.74) is 0.659. The van der Waals surface area contributed by atoms with E-state index in [0.29, 0.717) is 0 Å². The van der Waals surface area contributed by atoms with Gasteiger partial charge in [-0.25, -0.2) is 0 Å². The molecule has 0 aliphatic rings. The molecule has 2 heteroatoms. The van der Waals surface area contributed by atoms with Crippen LogP contribution in [0.3, 0.4) is 0 Å². The van der Waals surface area contributed by atoms with Gasteiger partial charge in [-0.3, -0.25) is 0 Å². The Kier molecular flexibility index (Phi) is 2.64. The molecule has 0 saturated heterocycles. The highest BCUT2D eigenvalue weighted by molar-refractivity contribution is 6.77. The summed E-state index contributed by atoms with van der Waals surface area (Å²) in [5, 5.41) is 9.43. The second-order valence-corrected chi connectivity index (χ2v) is 8.89. The van der Waals surface area contributed by atoms with Gasteiger partial charge < -0.3 is 5.11 Å². The van der Waals surface area contributed by atoms with Crippen molar-refractivity contribution >= 4 is 8.07 Å². The summed E-state index contributed by atoms with van der Waals surface area (Å²) in [5.74, 6) is 0. The Morgan fingerprint density at radius 1 is 1.44 bits per heavy atom. The number of hydrogen-bond donors (Lipinski definition) is 1. The minimum Gasteiger partial charge on any atom is -0.392 e. The van der Waals surface area contributed by atoms with Crippen LogP contribution >= 0.6 is 0 Å². The smallest absolute Gasteiger partial charge is 0.0834 e. The second kappa shape index (κ2) is 2.67. The molecule has 0 rings (SSSR count). The van der Waals surface area contributed by atoms with Crippen molar-refractivity contribution < 1.29 is 5.11 Å². The molecular formula is C7H16OSi. The predicted octanol–water partition coefficient (Wildman–Crippen LogP) is 1.80. The molecule has 0 bridgehead atoms. The third-order valence-electron chi connectivity index (χ3n) is 1.29. The molecule has 0 saturated carbocycles. The molecule has 54 valence electrons. The molecule has 0 radical (unpaired) electrons. The fraction of sp³-hybridized carbons (Fsp3) is 0.714. The van der Waals surface area contributed by atoms with E-state index < -0.39 is 8.07 Å². The molecule has 0 aromatic rings. The van der Waals surface area contributed by atoms with Crippen LogP contribution < -0.4 is 0 Å². The molecule has 1 N–H and O–H groups in total. The lowest BCUT2D eigenvalue weighted by atomic mass is 10.4. The summed E-state index contributed by atoms with van der Waals surface area (Å²) in [6.07, 6.45) is 0. The van der Waals surface area contributed by atoms with Crippen molar-refractivity contribution in [1.82, 2.24) is 0 Å². The first kappa shape index (κ1) is 8.92. The maximum Gasteiger partial charge on any atom is 0.0834 e. The van der Waals surface area contributed by atoms with Crippen LogP contribution in [0.25, 0.3) is 0 Å². The van der Waals surface area contributed by atoms with E-state index in [-0.39, 0.29) is 5.73 Å². The van der Waals surface area contributed by atoms with Crippen molar-refractivity contribution in [3.05, 3.63) is 12.2 Å². The van der Waals surface area contributed by atoms with Crippen LogP contribution in [0.4, 0.5) is 0 Å². The van der Waals surface area contributed by atoms with Gasteiger partial charge in [0.25, 0.3) is 0 Å². The molecule has 1 atom stereocenters. The lowest BCUT2D eigenvalue weighted by molar-refractivity contribution is 0.279. The monoisotopic (exact) mass is 144 g/mol. The maximum absolute atomic E-state index is 9.43. The van der Waals surface area contributed by atoms with Crippen molar-refractivity contribution in [1.29, 1.82) is 0 Å². The van der Waals surface area contributed by atoms with E-state index in [1.54, 1.807) is 0 Å². The number of aliphatic hydroxyl groups is 1. The average molecular weight is 144 g/mol. The van der Waals surface area contributed by atoms with Gasteiger partial charge in [0.1, 0.15) is 0 Å². The zero-order chi connectivity index (χ0) is 7.65. The molecule has 0 aromatic heterocycles. The van der Waals surface area contributed by atoms with Crippen LogP contribution in [0.2, 0.25) is 19.6 Å². The summed E-state index contributed by atoms with van der Waals surface area (Å²) in [6.45, 7) is 12.0. The van der Waals surface area contributed by atoms with E-state index in [4.69, 9.17) is 0 Å². The first-order chi connectivity index (χ1) is 3.85. The molecule has 9 heavy (non-hydrogen) atoms. The summed E-state index contributed by atoms with van der Waals surface area (Å²) in [6, 6.07) is 0. The Balaban J connectivity index is 4.04. The Hall–Kier alpha value is -0.0831. The molecule has 0 fully saturated rings. The van der Waals surface area contributed by atoms with Gasteiger partial charge in [0.2, 0.25) is 0 Å². The molecule has 0 unspecified atom stereocenters. The fourth-order valence-electron chi connectivity index (χ4n) is 0.739. The maximum atomic E-state index is 9.43. The third-order valence-corrected chi connectivity index (χ3v) is 3.42. The highest BCUT2D eigenvalue weighted by Gasteiger charge is 2.24. The summed E-state index contributed by atoms with van der Waals surface area (Å²) < 4.78 is 0. The van der Waals surface area contributed by atoms with Crippen LogP contribution in [0.5, 0.6) is 0 Å². The van der Waals surface area contributed by atoms with Crippen LogP contribution in [0.15, 0.2) is 12.2 Å². The molecule has 0 aromatic carbocycles. The number of aliphatic hydroxyl groups excluding tert-OH is 1. The Morgan fingerprint density at radius 3 is 1.78 bits per heavy atom. The van der Waals surface area contributed by atoms with Gasteiger partial charge in [-0.05, 0) is 6.92 Å². The summed E-state index contributed by atoms with van der Waals surface area (Å²) in [4.78, 5) is 0. The average Bonchev–Trinajstić information content (AvgIpc) is 1.62. The van der Waals surface area contributed by atoms with Crippen LogP contribution in [0.1, 0.15) is 6.92 Å². The van der Waals surface area contributed by atoms with E-state index in [1.807, 2.05) is 6.92 Å². The minimum absolute atomic E-state index is 0.238. The fourth-order valence-corrected chi connectivity index (χ4v) is 2.22. The normalized spacial score (nSPS) is 15.2. The van der Waals surface area contributed by atoms with E-state index in [9.17, 15) is 5.11 Å². The van der Waals surface area contributed by atoms with Crippen molar-refractivity contribution in [3.63, 3.8) is 0 Å². The van der Waals surface area contributed by atoms with E-state index in [2.05, 4.69) is 26.2 Å². The number of rotatable bonds is 2. The topological polar surface area (TPSA) is 20.2 Å². The van der Waals surface area contributed by atoms with E-state index in [1.165, 1.54) is 0 Å². The molecule has 0 spiro atoms. The molecule has 0 amide bonds. The highest BCUT2D eigenvalue weighted by atomic mass is 28.3. The summed E-state index contributed by atoms with van der Waals surface area (Å²) >= 11 is 0. The first-order valence-corrected chi connectivity index (χ1v) is 6.77. The van der Waals surface area contributed by atoms with Gasteiger partial charge in [0.05, 0.1) is 13.8 Å². The SMILES string of the molecule is C=C(C)[C@@H](O)[Si](C)(C)C. The molecule has 1 nitrogen and oxygen atoms in total.